The first-order valence-corrected chi connectivity index (χ1v) is 7.98. The summed E-state index contributed by atoms with van der Waals surface area (Å²) < 4.78 is -0.198. The number of rotatable bonds is 5. The van der Waals surface area contributed by atoms with Crippen LogP contribution in [0.3, 0.4) is 0 Å². The van der Waals surface area contributed by atoms with Crippen LogP contribution >= 0.6 is 0 Å². The highest BCUT2D eigenvalue weighted by molar-refractivity contribution is 6.02. The van der Waals surface area contributed by atoms with Crippen LogP contribution in [0, 0.1) is 5.21 Å². The van der Waals surface area contributed by atoms with Gasteiger partial charge in [-0.2, -0.15) is 0 Å². The van der Waals surface area contributed by atoms with Crippen LogP contribution in [0.15, 0.2) is 54.6 Å². The summed E-state index contributed by atoms with van der Waals surface area (Å²) in [4.78, 5) is 0. The first-order chi connectivity index (χ1) is 10.5. The second-order valence-electron chi connectivity index (χ2n) is 6.55. The molecule has 0 saturated carbocycles. The SMILES string of the molecule is C[N+](C)([O-])CCCCc1c2ccccc2cc2ccccc12. The standard InChI is InChI=1S/C20H23NO/c1-21(2,22)14-8-7-13-20-18-11-5-3-9-16(18)15-17-10-4-6-12-19(17)20/h3-6,9-12,15H,7-8,13-14H2,1-2H3. The second-order valence-corrected chi connectivity index (χ2v) is 6.55. The summed E-state index contributed by atoms with van der Waals surface area (Å²) >= 11 is 0. The van der Waals surface area contributed by atoms with Gasteiger partial charge >= 0.3 is 0 Å². The normalized spacial score (nSPS) is 12.1. The van der Waals surface area contributed by atoms with E-state index in [1.807, 2.05) is 0 Å². The Kier molecular flexibility index (Phi) is 4.14. The Morgan fingerprint density at radius 2 is 1.36 bits per heavy atom. The topological polar surface area (TPSA) is 23.1 Å². The third-order valence-corrected chi connectivity index (χ3v) is 4.26. The molecule has 3 rings (SSSR count). The number of hydrogen-bond acceptors (Lipinski definition) is 1. The molecule has 0 fully saturated rings. The molecule has 0 N–H and O–H groups in total. The molecule has 0 aromatic heterocycles. The van der Waals surface area contributed by atoms with Gasteiger partial charge in [0, 0.05) is 0 Å². The maximum absolute atomic E-state index is 11.7. The number of hydroxylamine groups is 3. The minimum atomic E-state index is -0.198. The number of fused-ring (bicyclic) bond motifs is 2. The molecule has 0 atom stereocenters. The van der Waals surface area contributed by atoms with Crippen LogP contribution in [0.2, 0.25) is 0 Å². The smallest absolute Gasteiger partial charge is 0.0779 e. The van der Waals surface area contributed by atoms with Crippen LogP contribution in [-0.4, -0.2) is 25.3 Å². The molecule has 0 radical (unpaired) electrons. The Morgan fingerprint density at radius 3 is 1.91 bits per heavy atom. The molecule has 0 aliphatic rings. The van der Waals surface area contributed by atoms with Crippen molar-refractivity contribution in [3.63, 3.8) is 0 Å². The number of nitrogens with zero attached hydrogens (tertiary/aromatic N) is 1. The van der Waals surface area contributed by atoms with Gasteiger partial charge in [-0.1, -0.05) is 48.5 Å². The fourth-order valence-corrected chi connectivity index (χ4v) is 3.17. The predicted octanol–water partition coefficient (Wildman–Crippen LogP) is 4.89. The molecule has 0 aliphatic heterocycles. The van der Waals surface area contributed by atoms with E-state index in [0.29, 0.717) is 6.54 Å². The van der Waals surface area contributed by atoms with Crippen molar-refractivity contribution in [2.45, 2.75) is 19.3 Å². The average molecular weight is 293 g/mol. The molecule has 0 amide bonds. The Morgan fingerprint density at radius 1 is 0.818 bits per heavy atom. The van der Waals surface area contributed by atoms with Crippen molar-refractivity contribution in [3.8, 4) is 0 Å². The molecular weight excluding hydrogens is 270 g/mol. The lowest BCUT2D eigenvalue weighted by Gasteiger charge is -2.33. The van der Waals surface area contributed by atoms with Crippen molar-refractivity contribution in [2.75, 3.05) is 20.6 Å². The third-order valence-electron chi connectivity index (χ3n) is 4.26. The van der Waals surface area contributed by atoms with Crippen molar-refractivity contribution < 1.29 is 4.65 Å². The first-order valence-electron chi connectivity index (χ1n) is 7.98. The van der Waals surface area contributed by atoms with Gasteiger partial charge in [-0.25, -0.2) is 0 Å². The minimum Gasteiger partial charge on any atom is -0.633 e. The molecule has 2 nitrogen and oxygen atoms in total. The van der Waals surface area contributed by atoms with Crippen molar-refractivity contribution >= 4 is 21.5 Å². The average Bonchev–Trinajstić information content (AvgIpc) is 2.49. The molecule has 114 valence electrons. The highest BCUT2D eigenvalue weighted by atomic mass is 16.5. The van der Waals surface area contributed by atoms with Crippen LogP contribution in [-0.2, 0) is 6.42 Å². The van der Waals surface area contributed by atoms with Gasteiger partial charge in [0.15, 0.2) is 0 Å². The summed E-state index contributed by atoms with van der Waals surface area (Å²) in [5.41, 5.74) is 1.42. The lowest BCUT2D eigenvalue weighted by Crippen LogP contribution is -2.33. The van der Waals surface area contributed by atoms with Gasteiger partial charge in [-0.15, -0.1) is 0 Å². The summed E-state index contributed by atoms with van der Waals surface area (Å²) in [6.07, 6.45) is 3.05. The highest BCUT2D eigenvalue weighted by Crippen LogP contribution is 2.29. The summed E-state index contributed by atoms with van der Waals surface area (Å²) in [7, 11) is 3.43. The molecule has 2 heteroatoms. The van der Waals surface area contributed by atoms with E-state index >= 15 is 0 Å². The van der Waals surface area contributed by atoms with E-state index in [-0.39, 0.29) is 4.65 Å². The number of hydrogen-bond donors (Lipinski definition) is 0. The highest BCUT2D eigenvalue weighted by Gasteiger charge is 2.08. The quantitative estimate of drug-likeness (QED) is 0.284. The second kappa shape index (κ2) is 6.07. The van der Waals surface area contributed by atoms with Gasteiger partial charge in [-0.3, -0.25) is 0 Å². The molecule has 0 saturated heterocycles. The Hall–Kier alpha value is -1.90. The third kappa shape index (κ3) is 3.29. The summed E-state index contributed by atoms with van der Waals surface area (Å²) in [5.74, 6) is 0. The molecule has 0 aliphatic carbocycles. The predicted molar refractivity (Wildman–Crippen MR) is 94.7 cm³/mol. The van der Waals surface area contributed by atoms with Crippen molar-refractivity contribution in [1.29, 1.82) is 0 Å². The van der Waals surface area contributed by atoms with Gasteiger partial charge in [0.05, 0.1) is 20.6 Å². The summed E-state index contributed by atoms with van der Waals surface area (Å²) in [5, 5.41) is 17.0. The van der Waals surface area contributed by atoms with E-state index in [1.54, 1.807) is 14.1 Å². The molecule has 0 spiro atoms. The van der Waals surface area contributed by atoms with E-state index in [0.717, 1.165) is 19.3 Å². The summed E-state index contributed by atoms with van der Waals surface area (Å²) in [6.45, 7) is 0.683. The van der Waals surface area contributed by atoms with Crippen molar-refractivity contribution in [1.82, 2.24) is 0 Å². The van der Waals surface area contributed by atoms with Crippen molar-refractivity contribution in [2.24, 2.45) is 0 Å². The van der Waals surface area contributed by atoms with Crippen LogP contribution in [0.4, 0.5) is 0 Å². The Balaban J connectivity index is 1.94. The number of aryl methyl sites for hydroxylation is 1. The maximum atomic E-state index is 11.7. The van der Waals surface area contributed by atoms with Crippen LogP contribution < -0.4 is 0 Å². The first kappa shape index (κ1) is 15.0. The molecule has 0 bridgehead atoms. The summed E-state index contributed by atoms with van der Waals surface area (Å²) in [6, 6.07) is 19.5. The van der Waals surface area contributed by atoms with Crippen molar-refractivity contribution in [3.05, 3.63) is 65.4 Å². The molecular formula is C20H23NO. The van der Waals surface area contributed by atoms with E-state index in [9.17, 15) is 5.21 Å². The molecule has 3 aromatic carbocycles. The lowest BCUT2D eigenvalue weighted by molar-refractivity contribution is -0.840. The Bertz CT molecular complexity index is 732. The van der Waals surface area contributed by atoms with Gasteiger partial charge in [0.2, 0.25) is 0 Å². The fourth-order valence-electron chi connectivity index (χ4n) is 3.17. The minimum absolute atomic E-state index is 0.198. The van der Waals surface area contributed by atoms with E-state index in [1.165, 1.54) is 27.1 Å². The molecule has 0 unspecified atom stereocenters. The Labute approximate surface area is 132 Å². The van der Waals surface area contributed by atoms with Crippen LogP contribution in [0.25, 0.3) is 21.5 Å². The van der Waals surface area contributed by atoms with Crippen LogP contribution in [0.5, 0.6) is 0 Å². The van der Waals surface area contributed by atoms with Gasteiger partial charge in [0.25, 0.3) is 0 Å². The number of unbranched alkanes of at least 4 members (excludes halogenated alkanes) is 1. The molecule has 22 heavy (non-hydrogen) atoms. The number of quaternary nitrogens is 1. The van der Waals surface area contributed by atoms with E-state index in [2.05, 4.69) is 54.6 Å². The van der Waals surface area contributed by atoms with Gasteiger partial charge in [-0.05, 0) is 52.4 Å². The van der Waals surface area contributed by atoms with Gasteiger partial charge < -0.3 is 9.85 Å². The fraction of sp³-hybridized carbons (Fsp3) is 0.300. The van der Waals surface area contributed by atoms with E-state index < -0.39 is 0 Å². The van der Waals surface area contributed by atoms with Crippen LogP contribution in [0.1, 0.15) is 18.4 Å². The maximum Gasteiger partial charge on any atom is 0.0779 e. The largest absolute Gasteiger partial charge is 0.633 e. The lowest BCUT2D eigenvalue weighted by atomic mass is 9.93. The molecule has 3 aromatic rings. The zero-order valence-corrected chi connectivity index (χ0v) is 13.4. The number of benzene rings is 3. The zero-order chi connectivity index (χ0) is 15.6. The monoisotopic (exact) mass is 293 g/mol. The molecule has 0 heterocycles. The van der Waals surface area contributed by atoms with Gasteiger partial charge in [0.1, 0.15) is 0 Å². The van der Waals surface area contributed by atoms with E-state index in [4.69, 9.17) is 0 Å². The zero-order valence-electron chi connectivity index (χ0n) is 13.4.